The van der Waals surface area contributed by atoms with Crippen molar-refractivity contribution in [1.29, 1.82) is 0 Å². The highest BCUT2D eigenvalue weighted by Gasteiger charge is 2.55. The van der Waals surface area contributed by atoms with Gasteiger partial charge in [0.25, 0.3) is 0 Å². The van der Waals surface area contributed by atoms with Gasteiger partial charge in [-0.05, 0) is 141 Å². The Bertz CT molecular complexity index is 6080. The maximum Gasteiger partial charge on any atom is 0.534 e. The Kier molecular flexibility index (Phi) is 16.2. The van der Waals surface area contributed by atoms with Crippen LogP contribution >= 0.6 is 39.5 Å². The summed E-state index contributed by atoms with van der Waals surface area (Å²) in [5, 5.41) is 4.50. The summed E-state index contributed by atoms with van der Waals surface area (Å²) in [4.78, 5) is 35.3. The van der Waals surface area contributed by atoms with Crippen LogP contribution in [0.4, 0.5) is 0 Å². The van der Waals surface area contributed by atoms with Crippen molar-refractivity contribution in [2.45, 2.75) is 69.3 Å². The quantitative estimate of drug-likeness (QED) is 0.150. The van der Waals surface area contributed by atoms with Gasteiger partial charge in [-0.2, -0.15) is 0 Å². The monoisotopic (exact) mass is 1460 g/mol. The summed E-state index contributed by atoms with van der Waals surface area (Å²) in [5.41, 5.74) is 19.4. The Hall–Kier alpha value is -11.2. The maximum atomic E-state index is 6.24. The molecular weight excluding hydrogens is 1400 g/mol. The van der Waals surface area contributed by atoms with E-state index in [1.807, 2.05) is 124 Å². The second-order valence-electron chi connectivity index (χ2n) is 28.2. The molecule has 0 bridgehead atoms. The predicted octanol–water partition coefficient (Wildman–Crippen LogP) is 22.8. The van der Waals surface area contributed by atoms with Crippen LogP contribution < -0.4 is 5.72 Å². The van der Waals surface area contributed by atoms with Gasteiger partial charge >= 0.3 is 7.12 Å². The van der Waals surface area contributed by atoms with Crippen LogP contribution in [0.2, 0.25) is 0 Å². The number of nitrogens with zero attached hydrogens (tertiary/aromatic N) is 6. The third-order valence-electron chi connectivity index (χ3n) is 21.8. The number of aromatic nitrogens is 6. The molecule has 8 nitrogen and oxygen atoms in total. The van der Waals surface area contributed by atoms with Crippen molar-refractivity contribution in [1.82, 2.24) is 29.9 Å². The van der Waals surface area contributed by atoms with Gasteiger partial charge in [-0.1, -0.05) is 337 Å². The Morgan fingerprint density at radius 1 is 0.274 bits per heavy atom. The standard InChI is InChI=1S/C44H27N3S.C25H24BN3O2.C25H15BrS/c1-2-15-29(16-3-1)41-45-42(31-20-12-17-28-14-4-5-18-30(28)31)47-43(46-41)33-21-13-25-37-40(33)32-19-6-7-22-34(32)44(37)35-23-8-10-26-38(35)48-39-27-11-9-24-36(39)44;1-24(2)25(3,4)31-26(30-24)23-28-21(18-12-6-5-7-13-18)27-22(29-23)20-16-10-14-17-11-8-9-15-19(17)20;26-21-13-7-12-20-24(21)16-8-1-2-9-17(16)25(20)18-10-3-5-14-22(18)27-23-15-6-4-11-19(23)25/h1-27H;5-16H,1-4H3;1-15H. The first-order chi connectivity index (χ1) is 52.0. The number of benzene rings is 14. The van der Waals surface area contributed by atoms with Crippen molar-refractivity contribution in [3.63, 3.8) is 0 Å². The number of rotatable bonds is 6. The Morgan fingerprint density at radius 2 is 0.585 bits per heavy atom. The van der Waals surface area contributed by atoms with E-state index in [9.17, 15) is 0 Å². The van der Waals surface area contributed by atoms with E-state index in [0.29, 0.717) is 34.8 Å². The molecule has 2 spiro atoms. The van der Waals surface area contributed by atoms with Crippen molar-refractivity contribution in [2.75, 3.05) is 0 Å². The third-order valence-corrected chi connectivity index (χ3v) is 24.8. The van der Waals surface area contributed by atoms with Crippen LogP contribution in [0.3, 0.4) is 0 Å². The second kappa shape index (κ2) is 26.1. The smallest absolute Gasteiger partial charge is 0.397 e. The molecule has 0 N–H and O–H groups in total. The highest BCUT2D eigenvalue weighted by Crippen LogP contribution is 2.65. The molecule has 0 amide bonds. The minimum Gasteiger partial charge on any atom is -0.397 e. The molecule has 1 fully saturated rings. The fraction of sp³-hybridized carbons (Fsp3) is 0.0851. The van der Waals surface area contributed by atoms with E-state index in [0.717, 1.165) is 53.8 Å². The molecule has 12 heteroatoms. The lowest BCUT2D eigenvalue weighted by atomic mass is 9.67. The summed E-state index contributed by atoms with van der Waals surface area (Å²) in [6.45, 7) is 8.10. The summed E-state index contributed by atoms with van der Waals surface area (Å²) in [7, 11) is -0.663. The molecule has 16 aromatic rings. The SMILES string of the molecule is Brc1cccc2c1-c1ccccc1C21c2ccccc2Sc2ccccc21.CC1(C)OB(c2nc(-c3ccccc3)nc(-c3cccc4ccccc34)n2)OC1(C)C.c1ccc(-c2nc(-c3cccc4c3-c3ccccc3C43c4ccccc4Sc4ccccc43)nc(-c3cccc4ccccc34)n2)cc1. The largest absolute Gasteiger partial charge is 0.534 e. The van der Waals surface area contributed by atoms with E-state index >= 15 is 0 Å². The molecule has 5 heterocycles. The highest BCUT2D eigenvalue weighted by molar-refractivity contribution is 9.10. The van der Waals surface area contributed by atoms with Gasteiger partial charge in [-0.15, -0.1) is 0 Å². The second-order valence-corrected chi connectivity index (χ2v) is 31.2. The van der Waals surface area contributed by atoms with E-state index < -0.39 is 23.7 Å². The molecular formula is C94H66BBrN6O2S2. The van der Waals surface area contributed by atoms with Crippen LogP contribution in [0.1, 0.15) is 72.2 Å². The zero-order valence-electron chi connectivity index (χ0n) is 58.4. The van der Waals surface area contributed by atoms with Gasteiger partial charge in [-0.25, -0.2) is 29.9 Å². The Balaban J connectivity index is 0.000000115. The molecule has 3 aliphatic heterocycles. The molecule has 2 aromatic heterocycles. The highest BCUT2D eigenvalue weighted by atomic mass is 79.9. The molecule has 21 rings (SSSR count). The van der Waals surface area contributed by atoms with E-state index in [-0.39, 0.29) is 5.41 Å². The minimum atomic E-state index is -0.663. The van der Waals surface area contributed by atoms with Crippen LogP contribution in [0.5, 0.6) is 0 Å². The molecule has 106 heavy (non-hydrogen) atoms. The van der Waals surface area contributed by atoms with E-state index in [4.69, 9.17) is 39.2 Å². The lowest BCUT2D eigenvalue weighted by molar-refractivity contribution is 0.00578. The molecule has 506 valence electrons. The van der Waals surface area contributed by atoms with Gasteiger partial charge in [0, 0.05) is 57.4 Å². The summed E-state index contributed by atoms with van der Waals surface area (Å²) >= 11 is 7.59. The van der Waals surface area contributed by atoms with Gasteiger partial charge in [-0.3, -0.25) is 0 Å². The maximum absolute atomic E-state index is 6.24. The van der Waals surface area contributed by atoms with Crippen molar-refractivity contribution >= 4 is 73.8 Å². The average Bonchev–Trinajstić information content (AvgIpc) is 1.60. The van der Waals surface area contributed by atoms with E-state index in [2.05, 4.69) is 271 Å². The van der Waals surface area contributed by atoms with Crippen molar-refractivity contribution in [3.05, 3.63) is 377 Å². The first-order valence-electron chi connectivity index (χ1n) is 35.8. The van der Waals surface area contributed by atoms with Crippen molar-refractivity contribution < 1.29 is 9.31 Å². The lowest BCUT2D eigenvalue weighted by Crippen LogP contribution is -2.41. The third kappa shape index (κ3) is 10.6. The Labute approximate surface area is 633 Å². The fourth-order valence-electron chi connectivity index (χ4n) is 16.4. The summed E-state index contributed by atoms with van der Waals surface area (Å²) in [6.07, 6.45) is 0. The van der Waals surface area contributed by atoms with Gasteiger partial charge in [0.1, 0.15) is 0 Å². The molecule has 2 aliphatic carbocycles. The van der Waals surface area contributed by atoms with Crippen LogP contribution in [0.25, 0.3) is 101 Å². The Morgan fingerprint density at radius 3 is 1.08 bits per heavy atom. The molecule has 1 saturated heterocycles. The van der Waals surface area contributed by atoms with E-state index in [1.165, 1.54) is 86.3 Å². The number of hydrogen-bond acceptors (Lipinski definition) is 10. The van der Waals surface area contributed by atoms with Crippen LogP contribution in [0.15, 0.2) is 352 Å². The van der Waals surface area contributed by atoms with Gasteiger partial charge < -0.3 is 9.31 Å². The van der Waals surface area contributed by atoms with Crippen molar-refractivity contribution in [3.8, 4) is 79.2 Å². The van der Waals surface area contributed by atoms with Gasteiger partial charge in [0.15, 0.2) is 34.8 Å². The average molecular weight is 1470 g/mol. The minimum absolute atomic E-state index is 0.256. The zero-order chi connectivity index (χ0) is 71.3. The normalized spacial score (nSPS) is 15.0. The van der Waals surface area contributed by atoms with Crippen molar-refractivity contribution in [2.24, 2.45) is 0 Å². The number of hydrogen-bond donors (Lipinski definition) is 0. The summed E-state index contributed by atoms with van der Waals surface area (Å²) in [6, 6.07) is 116. The van der Waals surface area contributed by atoms with Crippen LogP contribution in [-0.4, -0.2) is 48.2 Å². The molecule has 14 aromatic carbocycles. The van der Waals surface area contributed by atoms with Crippen LogP contribution in [0, 0.1) is 0 Å². The summed E-state index contributed by atoms with van der Waals surface area (Å²) < 4.78 is 13.7. The topological polar surface area (TPSA) is 95.8 Å². The van der Waals surface area contributed by atoms with Gasteiger partial charge in [0.2, 0.25) is 0 Å². The summed E-state index contributed by atoms with van der Waals surface area (Å²) in [5.74, 6) is 3.20. The predicted molar refractivity (Wildman–Crippen MR) is 435 cm³/mol. The molecule has 5 aliphatic rings. The molecule has 0 saturated carbocycles. The number of halogens is 1. The van der Waals surface area contributed by atoms with Gasteiger partial charge in [0.05, 0.1) is 22.0 Å². The first kappa shape index (κ1) is 65.5. The molecule has 0 radical (unpaired) electrons. The van der Waals surface area contributed by atoms with Crippen LogP contribution in [-0.2, 0) is 20.1 Å². The fourth-order valence-corrected chi connectivity index (χ4v) is 19.4. The molecule has 0 unspecified atom stereocenters. The zero-order valence-corrected chi connectivity index (χ0v) is 61.7. The lowest BCUT2D eigenvalue weighted by Gasteiger charge is -2.39. The van der Waals surface area contributed by atoms with E-state index in [1.54, 1.807) is 0 Å². The first-order valence-corrected chi connectivity index (χ1v) is 38.2. The number of fused-ring (bicyclic) bond motifs is 20. The molecule has 0 atom stereocenters.